The second-order valence-corrected chi connectivity index (χ2v) is 5.06. The smallest absolute Gasteiger partial charge is 0.0500 e. The monoisotopic (exact) mass is 227 g/mol. The largest absolute Gasteiger partial charge is 0.396 e. The van der Waals surface area contributed by atoms with E-state index in [2.05, 4.69) is 0 Å². The van der Waals surface area contributed by atoms with Crippen LogP contribution in [0.2, 0.25) is 5.02 Å². The van der Waals surface area contributed by atoms with Gasteiger partial charge in [-0.1, -0.05) is 31.5 Å². The fraction of sp³-hybridized carbons (Fsp3) is 0.500. The Morgan fingerprint density at radius 3 is 2.53 bits per heavy atom. The van der Waals surface area contributed by atoms with Crippen molar-refractivity contribution in [1.82, 2.24) is 0 Å². The third-order valence-corrected chi connectivity index (χ3v) is 3.05. The SMILES string of the molecule is Cc1cc(Cl)ccc1[C@H](N)C(C)(C)CO. The fourth-order valence-corrected chi connectivity index (χ4v) is 1.73. The van der Waals surface area contributed by atoms with E-state index in [1.807, 2.05) is 39.0 Å². The minimum Gasteiger partial charge on any atom is -0.396 e. The zero-order chi connectivity index (χ0) is 11.6. The van der Waals surface area contributed by atoms with Crippen LogP contribution >= 0.6 is 11.6 Å². The van der Waals surface area contributed by atoms with Crippen molar-refractivity contribution in [2.75, 3.05) is 6.61 Å². The molecule has 1 atom stereocenters. The summed E-state index contributed by atoms with van der Waals surface area (Å²) in [6, 6.07) is 5.47. The number of hydrogen-bond donors (Lipinski definition) is 2. The minimum atomic E-state index is -0.321. The lowest BCUT2D eigenvalue weighted by atomic mass is 9.80. The Bertz CT molecular complexity index is 349. The predicted molar refractivity (Wildman–Crippen MR) is 64.0 cm³/mol. The molecule has 0 fully saturated rings. The van der Waals surface area contributed by atoms with Gasteiger partial charge in [-0.05, 0) is 30.2 Å². The van der Waals surface area contributed by atoms with E-state index in [1.165, 1.54) is 0 Å². The molecule has 3 N–H and O–H groups in total. The normalized spacial score (nSPS) is 14.0. The van der Waals surface area contributed by atoms with Gasteiger partial charge in [-0.25, -0.2) is 0 Å². The summed E-state index contributed by atoms with van der Waals surface area (Å²) in [5, 5.41) is 9.98. The molecule has 1 rings (SSSR count). The van der Waals surface area contributed by atoms with Crippen LogP contribution in [-0.2, 0) is 0 Å². The van der Waals surface area contributed by atoms with E-state index in [0.29, 0.717) is 5.02 Å². The average molecular weight is 228 g/mol. The van der Waals surface area contributed by atoms with Crippen molar-refractivity contribution >= 4 is 11.6 Å². The third kappa shape index (κ3) is 2.71. The lowest BCUT2D eigenvalue weighted by molar-refractivity contribution is 0.132. The summed E-state index contributed by atoms with van der Waals surface area (Å²) in [6.45, 7) is 5.95. The molecule has 1 aromatic rings. The number of aliphatic hydroxyl groups excluding tert-OH is 1. The molecular formula is C12H18ClNO. The van der Waals surface area contributed by atoms with Gasteiger partial charge in [-0.15, -0.1) is 0 Å². The first-order chi connectivity index (χ1) is 6.88. The average Bonchev–Trinajstić information content (AvgIpc) is 2.17. The van der Waals surface area contributed by atoms with Gasteiger partial charge in [0.1, 0.15) is 0 Å². The summed E-state index contributed by atoms with van der Waals surface area (Å²) < 4.78 is 0. The van der Waals surface area contributed by atoms with Crippen molar-refractivity contribution in [3.63, 3.8) is 0 Å². The van der Waals surface area contributed by atoms with Crippen molar-refractivity contribution in [2.45, 2.75) is 26.8 Å². The Morgan fingerprint density at radius 1 is 1.47 bits per heavy atom. The highest BCUT2D eigenvalue weighted by atomic mass is 35.5. The Labute approximate surface area is 96.1 Å². The quantitative estimate of drug-likeness (QED) is 0.834. The maximum atomic E-state index is 9.27. The fourth-order valence-electron chi connectivity index (χ4n) is 1.51. The van der Waals surface area contributed by atoms with Gasteiger partial charge in [-0.2, -0.15) is 0 Å². The summed E-state index contributed by atoms with van der Waals surface area (Å²) >= 11 is 5.88. The molecule has 0 spiro atoms. The number of aliphatic hydroxyl groups is 1. The molecule has 0 bridgehead atoms. The van der Waals surface area contributed by atoms with Crippen LogP contribution in [0.4, 0.5) is 0 Å². The van der Waals surface area contributed by atoms with Crippen LogP contribution in [0.25, 0.3) is 0 Å². The van der Waals surface area contributed by atoms with Crippen LogP contribution in [0.1, 0.15) is 31.0 Å². The standard InChI is InChI=1S/C12H18ClNO/c1-8-6-9(13)4-5-10(8)11(14)12(2,3)7-15/h4-6,11,15H,7,14H2,1-3H3/t11-/m0/s1. The van der Waals surface area contributed by atoms with E-state index < -0.39 is 0 Å². The van der Waals surface area contributed by atoms with Crippen molar-refractivity contribution in [1.29, 1.82) is 0 Å². The van der Waals surface area contributed by atoms with Crippen molar-refractivity contribution < 1.29 is 5.11 Å². The van der Waals surface area contributed by atoms with Gasteiger partial charge in [0.05, 0.1) is 0 Å². The Morgan fingerprint density at radius 2 is 2.07 bits per heavy atom. The molecule has 1 aromatic carbocycles. The number of aryl methyl sites for hydroxylation is 1. The van der Waals surface area contributed by atoms with Gasteiger partial charge in [0.15, 0.2) is 0 Å². The zero-order valence-electron chi connectivity index (χ0n) is 9.42. The highest BCUT2D eigenvalue weighted by Crippen LogP contribution is 2.33. The van der Waals surface area contributed by atoms with Crippen LogP contribution < -0.4 is 5.73 Å². The first-order valence-corrected chi connectivity index (χ1v) is 5.39. The van der Waals surface area contributed by atoms with Crippen molar-refractivity contribution in [3.8, 4) is 0 Å². The van der Waals surface area contributed by atoms with Gasteiger partial charge in [0.25, 0.3) is 0 Å². The minimum absolute atomic E-state index is 0.0657. The molecule has 84 valence electrons. The van der Waals surface area contributed by atoms with E-state index in [4.69, 9.17) is 17.3 Å². The summed E-state index contributed by atoms with van der Waals surface area (Å²) in [5.74, 6) is 0. The van der Waals surface area contributed by atoms with E-state index in [1.54, 1.807) is 0 Å². The molecule has 2 nitrogen and oxygen atoms in total. The first-order valence-electron chi connectivity index (χ1n) is 5.01. The first kappa shape index (κ1) is 12.5. The van der Waals surface area contributed by atoms with Crippen LogP contribution in [-0.4, -0.2) is 11.7 Å². The molecule has 0 heterocycles. The molecule has 0 saturated carbocycles. The molecule has 0 aliphatic heterocycles. The molecule has 0 aliphatic rings. The summed E-state index contributed by atoms with van der Waals surface area (Å²) in [5.41, 5.74) is 7.92. The predicted octanol–water partition coefficient (Wildman–Crippen LogP) is 2.67. The molecule has 3 heteroatoms. The second kappa shape index (κ2) is 4.52. The highest BCUT2D eigenvalue weighted by molar-refractivity contribution is 6.30. The summed E-state index contributed by atoms with van der Waals surface area (Å²) in [4.78, 5) is 0. The number of hydrogen-bond acceptors (Lipinski definition) is 2. The molecule has 15 heavy (non-hydrogen) atoms. The summed E-state index contributed by atoms with van der Waals surface area (Å²) in [6.07, 6.45) is 0. The second-order valence-electron chi connectivity index (χ2n) is 4.63. The lowest BCUT2D eigenvalue weighted by Gasteiger charge is -2.30. The van der Waals surface area contributed by atoms with E-state index >= 15 is 0 Å². The molecule has 0 saturated heterocycles. The molecule has 0 aromatic heterocycles. The molecule has 0 aliphatic carbocycles. The van der Waals surface area contributed by atoms with Gasteiger partial charge in [-0.3, -0.25) is 0 Å². The zero-order valence-corrected chi connectivity index (χ0v) is 10.2. The van der Waals surface area contributed by atoms with Crippen molar-refractivity contribution in [2.24, 2.45) is 11.1 Å². The van der Waals surface area contributed by atoms with E-state index in [9.17, 15) is 5.11 Å². The van der Waals surface area contributed by atoms with E-state index in [-0.39, 0.29) is 18.1 Å². The summed E-state index contributed by atoms with van der Waals surface area (Å²) in [7, 11) is 0. The van der Waals surface area contributed by atoms with Gasteiger partial charge in [0.2, 0.25) is 0 Å². The van der Waals surface area contributed by atoms with Gasteiger partial charge in [0, 0.05) is 23.1 Å². The number of halogens is 1. The number of rotatable bonds is 3. The van der Waals surface area contributed by atoms with Crippen LogP contribution in [0, 0.1) is 12.3 Å². The Kier molecular flexibility index (Phi) is 3.77. The maximum Gasteiger partial charge on any atom is 0.0500 e. The van der Waals surface area contributed by atoms with Crippen molar-refractivity contribution in [3.05, 3.63) is 34.3 Å². The van der Waals surface area contributed by atoms with E-state index in [0.717, 1.165) is 11.1 Å². The topological polar surface area (TPSA) is 46.2 Å². The Hall–Kier alpha value is -0.570. The number of nitrogens with two attached hydrogens (primary N) is 1. The Balaban J connectivity index is 3.06. The maximum absolute atomic E-state index is 9.27. The molecule has 0 amide bonds. The van der Waals surface area contributed by atoms with Gasteiger partial charge >= 0.3 is 0 Å². The van der Waals surface area contributed by atoms with Crippen LogP contribution in [0.5, 0.6) is 0 Å². The van der Waals surface area contributed by atoms with Gasteiger partial charge < -0.3 is 10.8 Å². The van der Waals surface area contributed by atoms with Crippen LogP contribution in [0.3, 0.4) is 0 Å². The highest BCUT2D eigenvalue weighted by Gasteiger charge is 2.27. The third-order valence-electron chi connectivity index (χ3n) is 2.82. The number of benzene rings is 1. The molecule has 0 radical (unpaired) electrons. The molecular weight excluding hydrogens is 210 g/mol. The van der Waals surface area contributed by atoms with Crippen LogP contribution in [0.15, 0.2) is 18.2 Å². The lowest BCUT2D eigenvalue weighted by Crippen LogP contribution is -2.32. The molecule has 0 unspecified atom stereocenters.